The van der Waals surface area contributed by atoms with Gasteiger partial charge in [0.05, 0.1) is 6.54 Å². The van der Waals surface area contributed by atoms with Crippen molar-refractivity contribution < 1.29 is 9.53 Å². The predicted molar refractivity (Wildman–Crippen MR) is 119 cm³/mol. The first-order valence-corrected chi connectivity index (χ1v) is 9.58. The van der Waals surface area contributed by atoms with Gasteiger partial charge in [0, 0.05) is 30.7 Å². The van der Waals surface area contributed by atoms with Crippen LogP contribution in [0.15, 0.2) is 11.2 Å². The van der Waals surface area contributed by atoms with E-state index in [4.69, 9.17) is 4.74 Å². The van der Waals surface area contributed by atoms with Crippen LogP contribution in [0.2, 0.25) is 0 Å². The number of nitrogens with zero attached hydrogens (tertiary/aromatic N) is 2. The maximum Gasteiger partial charge on any atom is 0.407 e. The summed E-state index contributed by atoms with van der Waals surface area (Å²) in [4.78, 5) is 21.7. The van der Waals surface area contributed by atoms with E-state index in [0.29, 0.717) is 19.6 Å². The Hall–Kier alpha value is -1.10. The molecule has 0 aliphatic heterocycles. The third kappa shape index (κ3) is 11.5. The molecular weight excluding hydrogens is 465 g/mol. The molecule has 26 heavy (non-hydrogen) atoms. The molecule has 1 aromatic rings. The lowest BCUT2D eigenvalue weighted by Crippen LogP contribution is -2.39. The maximum absolute atomic E-state index is 11.5. The van der Waals surface area contributed by atoms with Gasteiger partial charge in [0.25, 0.3) is 0 Å². The number of thiazole rings is 1. The average molecular weight is 497 g/mol. The molecule has 0 unspecified atom stereocenters. The molecule has 0 aliphatic rings. The number of aromatic nitrogens is 1. The van der Waals surface area contributed by atoms with Crippen molar-refractivity contribution in [3.63, 3.8) is 0 Å². The molecule has 0 fully saturated rings. The number of amides is 1. The number of guanidine groups is 1. The number of nitrogens with one attached hydrogen (secondary N) is 3. The molecular formula is C17H32IN5O2S. The van der Waals surface area contributed by atoms with E-state index in [1.807, 2.05) is 33.9 Å². The molecule has 1 rings (SSSR count). The molecule has 0 spiro atoms. The average Bonchev–Trinajstić information content (AvgIpc) is 2.98. The Balaban J connectivity index is 0.00000625. The van der Waals surface area contributed by atoms with Crippen molar-refractivity contribution in [1.82, 2.24) is 20.9 Å². The summed E-state index contributed by atoms with van der Waals surface area (Å²) in [5.74, 6) is 0.757. The van der Waals surface area contributed by atoms with Gasteiger partial charge in [0.1, 0.15) is 10.6 Å². The Morgan fingerprint density at radius 1 is 1.23 bits per heavy atom. The summed E-state index contributed by atoms with van der Waals surface area (Å²) in [6.07, 6.45) is 3.31. The van der Waals surface area contributed by atoms with Gasteiger partial charge in [-0.15, -0.1) is 35.3 Å². The fourth-order valence-corrected chi connectivity index (χ4v) is 2.66. The molecule has 0 radical (unpaired) electrons. The van der Waals surface area contributed by atoms with E-state index in [-0.39, 0.29) is 30.1 Å². The number of rotatable bonds is 8. The quantitative estimate of drug-likeness (QED) is 0.222. The van der Waals surface area contributed by atoms with Gasteiger partial charge in [-0.25, -0.2) is 14.8 Å². The van der Waals surface area contributed by atoms with E-state index in [9.17, 15) is 4.79 Å². The first-order valence-electron chi connectivity index (χ1n) is 8.76. The number of aryl methyl sites for hydroxylation is 1. The first-order chi connectivity index (χ1) is 11.8. The summed E-state index contributed by atoms with van der Waals surface area (Å²) in [5, 5.41) is 10.2. The van der Waals surface area contributed by atoms with Crippen LogP contribution in [-0.4, -0.2) is 42.3 Å². The third-order valence-electron chi connectivity index (χ3n) is 2.98. The minimum atomic E-state index is -0.472. The molecule has 0 aromatic carbocycles. The van der Waals surface area contributed by atoms with Gasteiger partial charge >= 0.3 is 6.09 Å². The van der Waals surface area contributed by atoms with Crippen LogP contribution in [0.4, 0.5) is 4.79 Å². The number of ether oxygens (including phenoxy) is 1. The monoisotopic (exact) mass is 497 g/mol. The lowest BCUT2D eigenvalue weighted by atomic mass is 10.2. The van der Waals surface area contributed by atoms with Gasteiger partial charge in [-0.05, 0) is 40.5 Å². The van der Waals surface area contributed by atoms with Gasteiger partial charge < -0.3 is 20.7 Å². The maximum atomic E-state index is 11.5. The van der Waals surface area contributed by atoms with Crippen LogP contribution in [-0.2, 0) is 17.7 Å². The third-order valence-corrected chi connectivity index (χ3v) is 4.11. The predicted octanol–water partition coefficient (Wildman–Crippen LogP) is 3.29. The van der Waals surface area contributed by atoms with Crippen molar-refractivity contribution in [2.45, 2.75) is 59.6 Å². The second kappa shape index (κ2) is 13.1. The van der Waals surface area contributed by atoms with Crippen LogP contribution < -0.4 is 16.0 Å². The molecule has 0 saturated carbocycles. The molecule has 1 heterocycles. The number of alkyl carbamates (subject to hydrolysis) is 1. The molecule has 150 valence electrons. The summed E-state index contributed by atoms with van der Waals surface area (Å²) >= 11 is 1.70. The van der Waals surface area contributed by atoms with E-state index in [1.165, 1.54) is 4.88 Å². The molecule has 3 N–H and O–H groups in total. The van der Waals surface area contributed by atoms with Crippen molar-refractivity contribution in [3.8, 4) is 0 Å². The lowest BCUT2D eigenvalue weighted by molar-refractivity contribution is 0.0527. The minimum absolute atomic E-state index is 0. The van der Waals surface area contributed by atoms with Gasteiger partial charge in [-0.3, -0.25) is 0 Å². The topological polar surface area (TPSA) is 87.6 Å². The summed E-state index contributed by atoms with van der Waals surface area (Å²) in [6.45, 7) is 12.3. The summed E-state index contributed by atoms with van der Waals surface area (Å²) in [5.41, 5.74) is -0.472. The standard InChI is InChI=1S/C17H31N5O2S.HI/c1-6-13-11-21-14(25-13)12-22-15(18-7-2)19-9-8-10-20-16(23)24-17(3,4)5;/h11H,6-10,12H2,1-5H3,(H,20,23)(H2,18,19,22);1H. The number of carbonyl (C=O) groups is 1. The number of hydrogen-bond donors (Lipinski definition) is 3. The second-order valence-electron chi connectivity index (χ2n) is 6.48. The van der Waals surface area contributed by atoms with E-state index in [0.717, 1.165) is 30.4 Å². The van der Waals surface area contributed by atoms with Crippen molar-refractivity contribution >= 4 is 47.4 Å². The second-order valence-corrected chi connectivity index (χ2v) is 7.68. The van der Waals surface area contributed by atoms with Crippen LogP contribution in [0, 0.1) is 0 Å². The van der Waals surface area contributed by atoms with Crippen LogP contribution in [0.25, 0.3) is 0 Å². The van der Waals surface area contributed by atoms with Gasteiger partial charge in [-0.2, -0.15) is 0 Å². The Bertz CT molecular complexity index is 558. The van der Waals surface area contributed by atoms with Crippen LogP contribution in [0.3, 0.4) is 0 Å². The highest BCUT2D eigenvalue weighted by molar-refractivity contribution is 14.0. The smallest absolute Gasteiger partial charge is 0.407 e. The number of hydrogen-bond acceptors (Lipinski definition) is 5. The van der Waals surface area contributed by atoms with Crippen molar-refractivity contribution in [2.24, 2.45) is 4.99 Å². The van der Waals surface area contributed by atoms with E-state index >= 15 is 0 Å². The minimum Gasteiger partial charge on any atom is -0.444 e. The number of carbonyl (C=O) groups excluding carboxylic acids is 1. The first kappa shape index (κ1) is 24.9. The zero-order valence-electron chi connectivity index (χ0n) is 16.3. The molecule has 0 bridgehead atoms. The molecule has 7 nitrogen and oxygen atoms in total. The van der Waals surface area contributed by atoms with E-state index < -0.39 is 5.60 Å². The summed E-state index contributed by atoms with van der Waals surface area (Å²) in [6, 6.07) is 0. The van der Waals surface area contributed by atoms with E-state index in [1.54, 1.807) is 11.3 Å². The van der Waals surface area contributed by atoms with E-state index in [2.05, 4.69) is 32.9 Å². The summed E-state index contributed by atoms with van der Waals surface area (Å²) < 4.78 is 5.19. The summed E-state index contributed by atoms with van der Waals surface area (Å²) in [7, 11) is 0. The van der Waals surface area contributed by atoms with Crippen molar-refractivity contribution in [2.75, 3.05) is 19.6 Å². The molecule has 0 saturated heterocycles. The fraction of sp³-hybridized carbons (Fsp3) is 0.706. The van der Waals surface area contributed by atoms with Crippen molar-refractivity contribution in [1.29, 1.82) is 0 Å². The van der Waals surface area contributed by atoms with Crippen LogP contribution in [0.5, 0.6) is 0 Å². The molecule has 1 aromatic heterocycles. The van der Waals surface area contributed by atoms with Crippen LogP contribution >= 0.6 is 35.3 Å². The highest BCUT2D eigenvalue weighted by Gasteiger charge is 2.15. The highest BCUT2D eigenvalue weighted by Crippen LogP contribution is 2.13. The number of halogens is 1. The van der Waals surface area contributed by atoms with Crippen LogP contribution in [0.1, 0.15) is 50.9 Å². The van der Waals surface area contributed by atoms with Crippen molar-refractivity contribution in [3.05, 3.63) is 16.1 Å². The van der Waals surface area contributed by atoms with Gasteiger partial charge in [0.15, 0.2) is 5.96 Å². The molecule has 0 aliphatic carbocycles. The lowest BCUT2D eigenvalue weighted by Gasteiger charge is -2.19. The Labute approximate surface area is 177 Å². The Morgan fingerprint density at radius 3 is 2.50 bits per heavy atom. The zero-order valence-corrected chi connectivity index (χ0v) is 19.5. The van der Waals surface area contributed by atoms with Gasteiger partial charge in [-0.1, -0.05) is 6.92 Å². The molecule has 0 atom stereocenters. The fourth-order valence-electron chi connectivity index (χ4n) is 1.87. The highest BCUT2D eigenvalue weighted by atomic mass is 127. The SMILES string of the molecule is CCNC(=NCc1ncc(CC)s1)NCCCNC(=O)OC(C)(C)C.I. The normalized spacial score (nSPS) is 11.5. The number of aliphatic imine (C=N–C) groups is 1. The Kier molecular flexibility index (Phi) is 12.6. The largest absolute Gasteiger partial charge is 0.444 e. The zero-order chi connectivity index (χ0) is 18.7. The molecule has 9 heteroatoms. The van der Waals surface area contributed by atoms with Gasteiger partial charge in [0.2, 0.25) is 0 Å². The molecule has 1 amide bonds. The Morgan fingerprint density at radius 2 is 1.92 bits per heavy atom.